The van der Waals surface area contributed by atoms with Gasteiger partial charge in [-0.15, -0.1) is 0 Å². The van der Waals surface area contributed by atoms with Crippen LogP contribution in [0.5, 0.6) is 0 Å². The predicted octanol–water partition coefficient (Wildman–Crippen LogP) is 5.73. The van der Waals surface area contributed by atoms with Gasteiger partial charge >= 0.3 is 10.8 Å². The fraction of sp³-hybridized carbons (Fsp3) is 0.286. The van der Waals surface area contributed by atoms with E-state index in [-0.39, 0.29) is 29.9 Å². The van der Waals surface area contributed by atoms with Gasteiger partial charge in [-0.2, -0.15) is 0 Å². The molecule has 2 aliphatic heterocycles. The van der Waals surface area contributed by atoms with Gasteiger partial charge in [0.2, 0.25) is 17.7 Å². The zero-order valence-corrected chi connectivity index (χ0v) is 28.6. The van der Waals surface area contributed by atoms with Gasteiger partial charge in [0.05, 0.1) is 33.7 Å². The van der Waals surface area contributed by atoms with Crippen molar-refractivity contribution in [3.63, 3.8) is 0 Å². The second kappa shape index (κ2) is 13.1. The Bertz CT molecular complexity index is 2030. The van der Waals surface area contributed by atoms with Crippen LogP contribution in [0.2, 0.25) is 0 Å². The third-order valence-electron chi connectivity index (χ3n) is 8.49. The highest BCUT2D eigenvalue weighted by molar-refractivity contribution is 8.00. The van der Waals surface area contributed by atoms with Crippen LogP contribution in [0.15, 0.2) is 82.6 Å². The first-order chi connectivity index (χ1) is 23.3. The molecular weight excluding hydrogens is 669 g/mol. The van der Waals surface area contributed by atoms with E-state index in [0.29, 0.717) is 21.2 Å². The van der Waals surface area contributed by atoms with Crippen molar-refractivity contribution in [3.05, 3.63) is 114 Å². The number of nitro groups is 1. The summed E-state index contributed by atoms with van der Waals surface area (Å²) in [6.45, 7) is 7.84. The maximum Gasteiger partial charge on any atom is 0.338 e. The Morgan fingerprint density at radius 1 is 0.939 bits per heavy atom. The van der Waals surface area contributed by atoms with Gasteiger partial charge in [0.1, 0.15) is 11.8 Å². The number of anilines is 2. The number of thiazole rings is 1. The van der Waals surface area contributed by atoms with Gasteiger partial charge in [-0.05, 0) is 59.9 Å². The minimum Gasteiger partial charge on any atom is -0.462 e. The number of hydrogen-bond donors (Lipinski definition) is 1. The molecule has 14 heteroatoms. The molecule has 0 unspecified atom stereocenters. The second-order valence-corrected chi connectivity index (χ2v) is 14.8. The quantitative estimate of drug-likeness (QED) is 0.105. The summed E-state index contributed by atoms with van der Waals surface area (Å²) in [5.74, 6) is -3.48. The van der Waals surface area contributed by atoms with Crippen molar-refractivity contribution in [1.29, 1.82) is 0 Å². The average Bonchev–Trinajstić information content (AvgIpc) is 3.51. The fourth-order valence-corrected chi connectivity index (χ4v) is 8.80. The third kappa shape index (κ3) is 6.41. The van der Waals surface area contributed by atoms with E-state index in [1.807, 2.05) is 24.3 Å². The van der Waals surface area contributed by atoms with Crippen molar-refractivity contribution in [2.75, 3.05) is 16.8 Å². The molecule has 12 nitrogen and oxygen atoms in total. The van der Waals surface area contributed by atoms with Crippen LogP contribution in [0.1, 0.15) is 60.0 Å². The van der Waals surface area contributed by atoms with Gasteiger partial charge < -0.3 is 10.1 Å². The molecule has 3 aromatic carbocycles. The van der Waals surface area contributed by atoms with Crippen LogP contribution in [-0.2, 0) is 31.1 Å². The number of amides is 3. The first-order valence-corrected chi connectivity index (χ1v) is 17.2. The Morgan fingerprint density at radius 2 is 1.59 bits per heavy atom. The Kier molecular flexibility index (Phi) is 9.03. The van der Waals surface area contributed by atoms with E-state index in [0.717, 1.165) is 39.1 Å². The number of carbonyl (C=O) groups excluding carboxylic acids is 4. The van der Waals surface area contributed by atoms with Crippen LogP contribution < -0.4 is 15.1 Å². The van der Waals surface area contributed by atoms with E-state index >= 15 is 0 Å². The number of fused-ring (bicyclic) bond motifs is 2. The summed E-state index contributed by atoms with van der Waals surface area (Å²) in [6, 6.07) is 19.2. The Morgan fingerprint density at radius 3 is 2.18 bits per heavy atom. The molecule has 252 valence electrons. The summed E-state index contributed by atoms with van der Waals surface area (Å²) >= 11 is 2.02. The largest absolute Gasteiger partial charge is 0.462 e. The number of hydrogen-bond acceptors (Lipinski definition) is 10. The number of nitrogens with one attached hydrogen (secondary N) is 1. The Labute approximate surface area is 289 Å². The molecule has 0 saturated carbocycles. The zero-order valence-electron chi connectivity index (χ0n) is 27.0. The molecular formula is C35H32N4O8S2. The zero-order chi connectivity index (χ0) is 35.2. The molecule has 1 fully saturated rings. The molecule has 1 saturated heterocycles. The monoisotopic (exact) mass is 700 g/mol. The van der Waals surface area contributed by atoms with E-state index < -0.39 is 50.6 Å². The lowest BCUT2D eigenvalue weighted by molar-refractivity contribution is -0.384. The Hall–Kier alpha value is -5.08. The number of rotatable bonds is 8. The van der Waals surface area contributed by atoms with Crippen LogP contribution in [-0.4, -0.2) is 45.0 Å². The number of aromatic nitrogens is 1. The van der Waals surface area contributed by atoms with Crippen molar-refractivity contribution in [2.24, 2.45) is 5.92 Å². The normalized spacial score (nSPS) is 18.5. The number of imide groups is 1. The summed E-state index contributed by atoms with van der Waals surface area (Å²) in [7, 11) is 0. The van der Waals surface area contributed by atoms with Crippen LogP contribution in [0.3, 0.4) is 0 Å². The number of thioether (sulfide) groups is 1. The highest BCUT2D eigenvalue weighted by atomic mass is 32.2. The molecule has 0 radical (unpaired) electrons. The lowest BCUT2D eigenvalue weighted by Gasteiger charge is -2.31. The van der Waals surface area contributed by atoms with Gasteiger partial charge in [-0.3, -0.25) is 33.9 Å². The molecule has 0 spiro atoms. The molecule has 4 aromatic rings. The number of nitro benzene ring substituents is 1. The smallest absolute Gasteiger partial charge is 0.338 e. The molecule has 3 amide bonds. The number of benzene rings is 3. The maximum absolute atomic E-state index is 14.1. The number of carbonyl (C=O) groups is 4. The summed E-state index contributed by atoms with van der Waals surface area (Å²) in [6.07, 6.45) is 0. The molecule has 49 heavy (non-hydrogen) atoms. The highest BCUT2D eigenvalue weighted by Crippen LogP contribution is 2.54. The minimum absolute atomic E-state index is 0.138. The van der Waals surface area contributed by atoms with Gasteiger partial charge in [-0.25, -0.2) is 9.69 Å². The van der Waals surface area contributed by atoms with Crippen molar-refractivity contribution in [1.82, 2.24) is 4.57 Å². The summed E-state index contributed by atoms with van der Waals surface area (Å²) < 4.78 is 6.32. The van der Waals surface area contributed by atoms with E-state index in [1.54, 1.807) is 19.1 Å². The molecule has 0 bridgehead atoms. The number of ether oxygens (including phenoxy) is 1. The average molecular weight is 701 g/mol. The summed E-state index contributed by atoms with van der Waals surface area (Å²) in [5.41, 5.74) is 2.45. The van der Waals surface area contributed by atoms with E-state index in [9.17, 15) is 34.1 Å². The van der Waals surface area contributed by atoms with Gasteiger partial charge in [0.25, 0.3) is 5.69 Å². The fourth-order valence-electron chi connectivity index (χ4n) is 6.03. The van der Waals surface area contributed by atoms with Crippen LogP contribution in [0, 0.1) is 16.0 Å². The minimum atomic E-state index is -0.916. The summed E-state index contributed by atoms with van der Waals surface area (Å²) in [5, 5.41) is 13.5. The lowest BCUT2D eigenvalue weighted by Crippen LogP contribution is -2.33. The van der Waals surface area contributed by atoms with Crippen molar-refractivity contribution in [3.8, 4) is 0 Å². The van der Waals surface area contributed by atoms with E-state index in [2.05, 4.69) is 26.1 Å². The number of non-ortho nitro benzene ring substituents is 1. The molecule has 1 N–H and O–H groups in total. The molecule has 2 aliphatic rings. The highest BCUT2D eigenvalue weighted by Gasteiger charge is 2.57. The van der Waals surface area contributed by atoms with Crippen LogP contribution >= 0.6 is 23.1 Å². The van der Waals surface area contributed by atoms with Crippen molar-refractivity contribution in [2.45, 2.75) is 55.8 Å². The van der Waals surface area contributed by atoms with Crippen LogP contribution in [0.25, 0.3) is 0 Å². The molecule has 6 rings (SSSR count). The predicted molar refractivity (Wildman–Crippen MR) is 185 cm³/mol. The number of esters is 1. The van der Waals surface area contributed by atoms with Crippen molar-refractivity contribution >= 4 is 63.9 Å². The Balaban J connectivity index is 1.35. The van der Waals surface area contributed by atoms with Gasteiger partial charge in [0.15, 0.2) is 0 Å². The maximum atomic E-state index is 14.1. The van der Waals surface area contributed by atoms with Gasteiger partial charge in [0, 0.05) is 28.6 Å². The number of nitrogens with zero attached hydrogens (tertiary/aromatic N) is 3. The van der Waals surface area contributed by atoms with Crippen LogP contribution in [0.4, 0.5) is 17.1 Å². The first kappa shape index (κ1) is 33.8. The molecule has 1 aromatic heterocycles. The van der Waals surface area contributed by atoms with E-state index in [4.69, 9.17) is 4.74 Å². The molecule has 3 atom stereocenters. The molecule has 0 aliphatic carbocycles. The second-order valence-electron chi connectivity index (χ2n) is 12.7. The first-order valence-electron chi connectivity index (χ1n) is 15.5. The topological polar surface area (TPSA) is 158 Å². The lowest BCUT2D eigenvalue weighted by atomic mass is 9.81. The standard InChI is InChI=1S/C35H32N4O8S2/c1-5-47-33(43)20-8-12-22(13-9-20)36-25(40)18-37-32-29(49-34(37)44)26(19-6-10-21(11-7-19)35(2,3)4)27-28(48-32)31(42)38(30(27)41)23-14-16-24(17-15-23)39(45)46/h6-17,26-28H,5,18H2,1-4H3,(H,36,40)/t26-,27-,28+/m0/s1. The third-order valence-corrected chi connectivity index (χ3v) is 11.1. The van der Waals surface area contributed by atoms with E-state index in [1.165, 1.54) is 41.0 Å². The SMILES string of the molecule is CCOC(=O)c1ccc(NC(=O)Cn2c3c(sc2=O)[C@@H](c2ccc(C(C)(C)C)cc2)[C@@H]2C(=O)N(c4ccc([N+](=O)[O-])cc4)C(=O)[C@@H]2S3)cc1. The summed E-state index contributed by atoms with van der Waals surface area (Å²) in [4.78, 5) is 78.8. The van der Waals surface area contributed by atoms with Crippen molar-refractivity contribution < 1.29 is 28.8 Å². The molecule has 3 heterocycles. The van der Waals surface area contributed by atoms with Gasteiger partial charge in [-0.1, -0.05) is 68.1 Å².